The van der Waals surface area contributed by atoms with E-state index in [9.17, 15) is 4.79 Å². The van der Waals surface area contributed by atoms with Gasteiger partial charge in [0.2, 0.25) is 18.5 Å². The second kappa shape index (κ2) is 7.34. The molecule has 0 fully saturated rings. The van der Waals surface area contributed by atoms with E-state index >= 15 is 0 Å². The first kappa shape index (κ1) is 18.8. The fourth-order valence-electron chi connectivity index (χ4n) is 3.53. The fraction of sp³-hybridized carbons (Fsp3) is 0.0909. The van der Waals surface area contributed by atoms with Crippen molar-refractivity contribution in [1.29, 1.82) is 0 Å². The van der Waals surface area contributed by atoms with Gasteiger partial charge >= 0.3 is 0 Å². The minimum atomic E-state index is -0.213. The van der Waals surface area contributed by atoms with E-state index in [1.807, 2.05) is 42.5 Å². The van der Waals surface area contributed by atoms with Gasteiger partial charge in [-0.25, -0.2) is 4.52 Å². The Balaban J connectivity index is 1.31. The Hall–Kier alpha value is -3.92. The van der Waals surface area contributed by atoms with Crippen molar-refractivity contribution in [3.8, 4) is 34.1 Å². The van der Waals surface area contributed by atoms with Crippen molar-refractivity contribution in [3.05, 3.63) is 81.6 Å². The Morgan fingerprint density at radius 1 is 0.969 bits per heavy atom. The van der Waals surface area contributed by atoms with E-state index in [1.54, 1.807) is 23.0 Å². The number of nitrogens with zero attached hydrogens (tertiary/aromatic N) is 5. The van der Waals surface area contributed by atoms with Crippen molar-refractivity contribution >= 4 is 21.4 Å². The van der Waals surface area contributed by atoms with Gasteiger partial charge in [0.1, 0.15) is 12.1 Å². The fourth-order valence-corrected chi connectivity index (χ4v) is 3.79. The van der Waals surface area contributed by atoms with Gasteiger partial charge in [-0.2, -0.15) is 10.1 Å². The summed E-state index contributed by atoms with van der Waals surface area (Å²) < 4.78 is 20.2. The molecule has 0 atom stereocenters. The summed E-state index contributed by atoms with van der Waals surface area (Å²) >= 11 is 3.40. The van der Waals surface area contributed by atoms with Gasteiger partial charge in [0, 0.05) is 28.0 Å². The third-order valence-electron chi connectivity index (χ3n) is 5.15. The number of halogens is 1. The predicted molar refractivity (Wildman–Crippen MR) is 118 cm³/mol. The van der Waals surface area contributed by atoms with E-state index in [0.717, 1.165) is 15.6 Å². The highest BCUT2D eigenvalue weighted by Gasteiger charge is 2.17. The lowest BCUT2D eigenvalue weighted by Gasteiger charge is -2.02. The maximum Gasteiger partial charge on any atom is 0.277 e. The van der Waals surface area contributed by atoms with E-state index in [-0.39, 0.29) is 18.9 Å². The number of hydrogen-bond acceptors (Lipinski definition) is 7. The van der Waals surface area contributed by atoms with Crippen molar-refractivity contribution in [2.24, 2.45) is 0 Å². The van der Waals surface area contributed by atoms with Crippen LogP contribution in [0.1, 0.15) is 5.89 Å². The van der Waals surface area contributed by atoms with Gasteiger partial charge in [0.25, 0.3) is 5.56 Å². The van der Waals surface area contributed by atoms with Crippen molar-refractivity contribution in [3.63, 3.8) is 0 Å². The molecule has 4 heterocycles. The van der Waals surface area contributed by atoms with Crippen LogP contribution in [0, 0.1) is 0 Å². The Kier molecular flexibility index (Phi) is 4.32. The summed E-state index contributed by atoms with van der Waals surface area (Å²) in [4.78, 5) is 17.5. The van der Waals surface area contributed by atoms with E-state index in [0.29, 0.717) is 34.4 Å². The van der Waals surface area contributed by atoms with Crippen LogP contribution in [0.25, 0.3) is 28.2 Å². The molecular formula is C22H14BrN5O4. The first-order valence-corrected chi connectivity index (χ1v) is 10.5. The van der Waals surface area contributed by atoms with Crippen LogP contribution in [-0.2, 0) is 6.54 Å². The highest BCUT2D eigenvalue weighted by Crippen LogP contribution is 2.35. The van der Waals surface area contributed by atoms with Gasteiger partial charge in [-0.15, -0.1) is 0 Å². The second-order valence-corrected chi connectivity index (χ2v) is 8.09. The molecule has 0 saturated carbocycles. The molecular weight excluding hydrogens is 478 g/mol. The van der Waals surface area contributed by atoms with Gasteiger partial charge in [-0.3, -0.25) is 4.79 Å². The maximum atomic E-state index is 13.0. The lowest BCUT2D eigenvalue weighted by Crippen LogP contribution is -2.21. The summed E-state index contributed by atoms with van der Waals surface area (Å²) in [6, 6.07) is 14.9. The molecule has 5 aromatic rings. The molecule has 2 aromatic carbocycles. The van der Waals surface area contributed by atoms with Crippen LogP contribution in [0.5, 0.6) is 11.5 Å². The number of benzene rings is 2. The minimum Gasteiger partial charge on any atom is -0.454 e. The van der Waals surface area contributed by atoms with Crippen LogP contribution in [0.2, 0.25) is 0 Å². The molecule has 0 amide bonds. The van der Waals surface area contributed by atoms with E-state index in [2.05, 4.69) is 31.2 Å². The highest BCUT2D eigenvalue weighted by molar-refractivity contribution is 9.10. The van der Waals surface area contributed by atoms with Gasteiger partial charge in [0.15, 0.2) is 11.5 Å². The van der Waals surface area contributed by atoms with E-state index in [1.165, 1.54) is 4.57 Å². The summed E-state index contributed by atoms with van der Waals surface area (Å²) in [5, 5.41) is 8.54. The molecule has 0 radical (unpaired) electrons. The molecule has 0 bridgehead atoms. The Bertz CT molecular complexity index is 1520. The van der Waals surface area contributed by atoms with Crippen molar-refractivity contribution in [2.45, 2.75) is 6.54 Å². The molecule has 1 aliphatic rings. The van der Waals surface area contributed by atoms with Crippen LogP contribution in [0.3, 0.4) is 0 Å². The number of hydrogen-bond donors (Lipinski definition) is 0. The number of ether oxygens (including phenoxy) is 2. The molecule has 0 saturated heterocycles. The van der Waals surface area contributed by atoms with Crippen molar-refractivity contribution in [1.82, 2.24) is 24.3 Å². The largest absolute Gasteiger partial charge is 0.454 e. The summed E-state index contributed by atoms with van der Waals surface area (Å²) in [5.74, 6) is 2.16. The van der Waals surface area contributed by atoms with E-state index < -0.39 is 0 Å². The third kappa shape index (κ3) is 3.25. The van der Waals surface area contributed by atoms with Crippen LogP contribution < -0.4 is 15.0 Å². The zero-order chi connectivity index (χ0) is 21.7. The molecule has 0 unspecified atom stereocenters. The van der Waals surface area contributed by atoms with Gasteiger partial charge < -0.3 is 18.6 Å². The molecule has 10 heteroatoms. The smallest absolute Gasteiger partial charge is 0.277 e. The van der Waals surface area contributed by atoms with Gasteiger partial charge in [0.05, 0.1) is 5.69 Å². The second-order valence-electron chi connectivity index (χ2n) is 7.18. The topological polar surface area (TPSA) is 96.7 Å². The molecule has 158 valence electrons. The molecule has 0 N–H and O–H groups in total. The normalized spacial score (nSPS) is 12.5. The molecule has 3 aromatic heterocycles. The monoisotopic (exact) mass is 491 g/mol. The third-order valence-corrected chi connectivity index (χ3v) is 5.68. The average Bonchev–Trinajstić information content (AvgIpc) is 3.55. The van der Waals surface area contributed by atoms with Crippen LogP contribution in [-0.4, -0.2) is 31.1 Å². The molecule has 1 aliphatic heterocycles. The lowest BCUT2D eigenvalue weighted by molar-refractivity contribution is 0.174. The number of fused-ring (bicyclic) bond motifs is 2. The molecule has 9 nitrogen and oxygen atoms in total. The molecule has 0 spiro atoms. The number of rotatable bonds is 4. The molecule has 32 heavy (non-hydrogen) atoms. The van der Waals surface area contributed by atoms with Crippen LogP contribution >= 0.6 is 15.9 Å². The zero-order valence-electron chi connectivity index (χ0n) is 16.4. The van der Waals surface area contributed by atoms with Gasteiger partial charge in [-0.1, -0.05) is 21.1 Å². The van der Waals surface area contributed by atoms with Gasteiger partial charge in [-0.05, 0) is 48.5 Å². The maximum absolute atomic E-state index is 13.0. The van der Waals surface area contributed by atoms with Crippen LogP contribution in [0.15, 0.2) is 74.7 Å². The zero-order valence-corrected chi connectivity index (χ0v) is 18.0. The summed E-state index contributed by atoms with van der Waals surface area (Å²) in [5.41, 5.74) is 2.55. The molecule has 0 aliphatic carbocycles. The summed E-state index contributed by atoms with van der Waals surface area (Å²) in [6.45, 7) is 0.358. The first-order valence-electron chi connectivity index (χ1n) is 9.71. The lowest BCUT2D eigenvalue weighted by atomic mass is 10.1. The Morgan fingerprint density at radius 2 is 1.78 bits per heavy atom. The average molecular weight is 492 g/mol. The number of aromatic nitrogens is 5. The van der Waals surface area contributed by atoms with Crippen molar-refractivity contribution < 1.29 is 14.0 Å². The van der Waals surface area contributed by atoms with E-state index in [4.69, 9.17) is 14.0 Å². The highest BCUT2D eigenvalue weighted by atomic mass is 79.9. The standard InChI is InChI=1S/C22H14BrN5O4/c23-15-4-1-13(2-5-15)21-24-20(32-26-21)11-27-7-8-28-17(22(27)29)10-16(25-28)14-3-6-18-19(9-14)31-12-30-18/h1-10H,11-12H2. The van der Waals surface area contributed by atoms with Crippen molar-refractivity contribution in [2.75, 3.05) is 6.79 Å². The summed E-state index contributed by atoms with van der Waals surface area (Å²) in [7, 11) is 0. The SMILES string of the molecule is O=c1c2cc(-c3ccc4c(c3)OCO4)nn2ccn1Cc1nc(-c2ccc(Br)cc2)no1. The minimum absolute atomic E-state index is 0.156. The quantitative estimate of drug-likeness (QED) is 0.377. The predicted octanol–water partition coefficient (Wildman–Crippen LogP) is 3.75. The Morgan fingerprint density at radius 3 is 2.66 bits per heavy atom. The molecule has 6 rings (SSSR count). The first-order chi connectivity index (χ1) is 15.6. The Labute approximate surface area is 189 Å². The van der Waals surface area contributed by atoms with Crippen LogP contribution in [0.4, 0.5) is 0 Å². The summed E-state index contributed by atoms with van der Waals surface area (Å²) in [6.07, 6.45) is 3.37.